The fourth-order valence-electron chi connectivity index (χ4n) is 3.67. The van der Waals surface area contributed by atoms with Gasteiger partial charge < -0.3 is 9.80 Å². The van der Waals surface area contributed by atoms with E-state index in [9.17, 15) is 18.0 Å². The van der Waals surface area contributed by atoms with E-state index in [0.717, 1.165) is 6.07 Å². The Kier molecular flexibility index (Phi) is 5.60. The minimum atomic E-state index is -4.61. The molecule has 1 unspecified atom stereocenters. The first-order valence-corrected chi connectivity index (χ1v) is 8.73. The van der Waals surface area contributed by atoms with Gasteiger partial charge in [-0.05, 0) is 31.5 Å². The molecule has 27 heavy (non-hydrogen) atoms. The van der Waals surface area contributed by atoms with Gasteiger partial charge in [0.05, 0.1) is 17.2 Å². The minimum Gasteiger partial charge on any atom is -0.383 e. The first-order chi connectivity index (χ1) is 12.4. The van der Waals surface area contributed by atoms with Crippen molar-refractivity contribution >= 4 is 11.5 Å². The lowest BCUT2D eigenvalue weighted by Crippen LogP contribution is -2.44. The monoisotopic (exact) mass is 379 g/mol. The van der Waals surface area contributed by atoms with E-state index in [2.05, 4.69) is 0 Å². The Bertz CT molecular complexity index is 804. The third-order valence-corrected chi connectivity index (χ3v) is 5.01. The molecule has 0 N–H and O–H groups in total. The van der Waals surface area contributed by atoms with Crippen molar-refractivity contribution in [2.45, 2.75) is 39.4 Å². The maximum absolute atomic E-state index is 13.3. The highest BCUT2D eigenvalue weighted by molar-refractivity contribution is 6.03. The smallest absolute Gasteiger partial charge is 0.383 e. The predicted molar refractivity (Wildman–Crippen MR) is 98.1 cm³/mol. The van der Waals surface area contributed by atoms with Crippen molar-refractivity contribution in [1.82, 2.24) is 4.90 Å². The molecule has 1 aromatic carbocycles. The highest BCUT2D eigenvalue weighted by atomic mass is 19.4. The van der Waals surface area contributed by atoms with Gasteiger partial charge in [-0.25, -0.2) is 0 Å². The summed E-state index contributed by atoms with van der Waals surface area (Å²) in [5.74, 6) is 0.00402. The van der Waals surface area contributed by atoms with Gasteiger partial charge in [-0.3, -0.25) is 4.79 Å². The minimum absolute atomic E-state index is 0.00402. The van der Waals surface area contributed by atoms with Crippen molar-refractivity contribution in [2.24, 2.45) is 5.41 Å². The lowest BCUT2D eigenvalue weighted by Gasteiger charge is -2.37. The number of hydrogen-bond acceptors (Lipinski definition) is 4. The molecule has 0 spiro atoms. The highest BCUT2D eigenvalue weighted by Gasteiger charge is 2.48. The topological polar surface area (TPSA) is 47.3 Å². The Balaban J connectivity index is 2.51. The van der Waals surface area contributed by atoms with Crippen LogP contribution in [0, 0.1) is 16.7 Å². The van der Waals surface area contributed by atoms with E-state index < -0.39 is 22.7 Å². The Morgan fingerprint density at radius 1 is 1.33 bits per heavy atom. The van der Waals surface area contributed by atoms with Crippen molar-refractivity contribution in [1.29, 1.82) is 5.26 Å². The third kappa shape index (κ3) is 3.95. The Morgan fingerprint density at radius 3 is 2.44 bits per heavy atom. The summed E-state index contributed by atoms with van der Waals surface area (Å²) in [4.78, 5) is 16.4. The largest absolute Gasteiger partial charge is 0.417 e. The number of anilines is 1. The summed E-state index contributed by atoms with van der Waals surface area (Å²) >= 11 is 0. The molecule has 0 amide bonds. The molecule has 1 aliphatic rings. The number of carbonyl (C=O) groups excluding carboxylic acids is 1. The fraction of sp³-hybridized carbons (Fsp3) is 0.500. The standard InChI is InChI=1S/C20H24F3N3O/c1-6-26(15-8-7-13(11-24)16(10-15)20(21,22)23)17-9-14(12-25(4)5)18(27)19(17,2)3/h7-8,10,12,17H,6,9H2,1-5H3. The summed E-state index contributed by atoms with van der Waals surface area (Å²) in [6.45, 7) is 5.94. The van der Waals surface area contributed by atoms with Crippen LogP contribution >= 0.6 is 0 Å². The van der Waals surface area contributed by atoms with E-state index in [0.29, 0.717) is 24.2 Å². The van der Waals surface area contributed by atoms with Crippen LogP contribution in [-0.4, -0.2) is 37.4 Å². The van der Waals surface area contributed by atoms with E-state index in [1.807, 2.05) is 39.8 Å². The van der Waals surface area contributed by atoms with Crippen molar-refractivity contribution in [2.75, 3.05) is 25.5 Å². The molecule has 1 atom stereocenters. The molecule has 0 aromatic heterocycles. The number of benzene rings is 1. The molecular weight excluding hydrogens is 355 g/mol. The van der Waals surface area contributed by atoms with Crippen LogP contribution in [0.25, 0.3) is 0 Å². The van der Waals surface area contributed by atoms with E-state index >= 15 is 0 Å². The molecule has 4 nitrogen and oxygen atoms in total. The fourth-order valence-corrected chi connectivity index (χ4v) is 3.67. The van der Waals surface area contributed by atoms with Gasteiger partial charge in [-0.1, -0.05) is 13.8 Å². The van der Waals surface area contributed by atoms with Gasteiger partial charge in [0.2, 0.25) is 0 Å². The summed E-state index contributed by atoms with van der Waals surface area (Å²) in [6, 6.07) is 5.06. The molecular formula is C20H24F3N3O. The molecule has 146 valence electrons. The number of carbonyl (C=O) groups is 1. The second kappa shape index (κ2) is 7.26. The second-order valence-electron chi connectivity index (χ2n) is 7.51. The average Bonchev–Trinajstić information content (AvgIpc) is 2.78. The number of hydrogen-bond donors (Lipinski definition) is 0. The number of alkyl halides is 3. The highest BCUT2D eigenvalue weighted by Crippen LogP contribution is 2.43. The van der Waals surface area contributed by atoms with Crippen LogP contribution in [0.5, 0.6) is 0 Å². The van der Waals surface area contributed by atoms with Gasteiger partial charge >= 0.3 is 6.18 Å². The molecule has 7 heteroatoms. The number of nitrogens with zero attached hydrogens (tertiary/aromatic N) is 3. The van der Waals surface area contributed by atoms with E-state index in [4.69, 9.17) is 5.26 Å². The predicted octanol–water partition coefficient (Wildman–Crippen LogP) is 4.22. The Morgan fingerprint density at radius 2 is 1.96 bits per heavy atom. The number of nitriles is 1. The molecule has 1 fully saturated rings. The van der Waals surface area contributed by atoms with Gasteiger partial charge in [-0.2, -0.15) is 18.4 Å². The number of Topliss-reactive ketones (excluding diaryl/α,β-unsaturated/α-hetero) is 1. The van der Waals surface area contributed by atoms with Crippen LogP contribution in [0.15, 0.2) is 30.0 Å². The molecule has 0 radical (unpaired) electrons. The zero-order valence-corrected chi connectivity index (χ0v) is 16.2. The average molecular weight is 379 g/mol. The molecule has 1 saturated carbocycles. The number of halogens is 3. The van der Waals surface area contributed by atoms with Crippen molar-refractivity contribution < 1.29 is 18.0 Å². The van der Waals surface area contributed by atoms with Gasteiger partial charge in [0.15, 0.2) is 5.78 Å². The summed E-state index contributed by atoms with van der Waals surface area (Å²) < 4.78 is 40.0. The van der Waals surface area contributed by atoms with Crippen LogP contribution in [0.4, 0.5) is 18.9 Å². The second-order valence-corrected chi connectivity index (χ2v) is 7.51. The van der Waals surface area contributed by atoms with Gasteiger partial charge in [0, 0.05) is 49.6 Å². The summed E-state index contributed by atoms with van der Waals surface area (Å²) in [7, 11) is 3.66. The first-order valence-electron chi connectivity index (χ1n) is 8.73. The maximum Gasteiger partial charge on any atom is 0.417 e. The van der Waals surface area contributed by atoms with Crippen molar-refractivity contribution in [3.8, 4) is 6.07 Å². The lowest BCUT2D eigenvalue weighted by molar-refractivity contribution is -0.137. The molecule has 2 rings (SSSR count). The SMILES string of the molecule is CCN(c1ccc(C#N)c(C(F)(F)F)c1)C1CC(=CN(C)C)C(=O)C1(C)C. The number of rotatable bonds is 4. The molecule has 1 aromatic rings. The van der Waals surface area contributed by atoms with Crippen molar-refractivity contribution in [3.05, 3.63) is 41.1 Å². The van der Waals surface area contributed by atoms with Gasteiger partial charge in [-0.15, -0.1) is 0 Å². The Hall–Kier alpha value is -2.49. The first kappa shape index (κ1) is 20.8. The van der Waals surface area contributed by atoms with Crippen LogP contribution in [0.1, 0.15) is 38.3 Å². The van der Waals surface area contributed by atoms with E-state index in [-0.39, 0.29) is 11.8 Å². The van der Waals surface area contributed by atoms with Gasteiger partial charge in [0.1, 0.15) is 0 Å². The summed E-state index contributed by atoms with van der Waals surface area (Å²) in [5, 5.41) is 9.00. The quantitative estimate of drug-likeness (QED) is 0.735. The zero-order valence-electron chi connectivity index (χ0n) is 16.2. The van der Waals surface area contributed by atoms with Crippen molar-refractivity contribution in [3.63, 3.8) is 0 Å². The zero-order chi connectivity index (χ0) is 20.6. The van der Waals surface area contributed by atoms with Crippen LogP contribution in [0.2, 0.25) is 0 Å². The summed E-state index contributed by atoms with van der Waals surface area (Å²) in [6.07, 6.45) is -2.38. The molecule has 0 heterocycles. The third-order valence-electron chi connectivity index (χ3n) is 5.01. The van der Waals surface area contributed by atoms with E-state index in [1.54, 1.807) is 17.2 Å². The van der Waals surface area contributed by atoms with E-state index in [1.165, 1.54) is 12.1 Å². The molecule has 0 saturated heterocycles. The lowest BCUT2D eigenvalue weighted by atomic mass is 9.85. The molecule has 0 bridgehead atoms. The van der Waals surface area contributed by atoms with Crippen LogP contribution in [0.3, 0.4) is 0 Å². The van der Waals surface area contributed by atoms with Crippen LogP contribution < -0.4 is 4.90 Å². The van der Waals surface area contributed by atoms with Crippen LogP contribution in [-0.2, 0) is 11.0 Å². The maximum atomic E-state index is 13.3. The number of ketones is 1. The summed E-state index contributed by atoms with van der Waals surface area (Å²) in [5.41, 5.74) is -1.06. The molecule has 1 aliphatic carbocycles. The normalized spacial score (nSPS) is 20.6. The van der Waals surface area contributed by atoms with Gasteiger partial charge in [0.25, 0.3) is 0 Å². The molecule has 0 aliphatic heterocycles. The Labute approximate surface area is 157 Å².